The van der Waals surface area contributed by atoms with Crippen molar-refractivity contribution < 1.29 is 43.3 Å². The third-order valence-electron chi connectivity index (χ3n) is 11.1. The number of carboxylic acid groups (broad SMARTS) is 1. The summed E-state index contributed by atoms with van der Waals surface area (Å²) in [5.74, 6) is -2.34. The van der Waals surface area contributed by atoms with Crippen molar-refractivity contribution in [2.45, 2.75) is 117 Å². The number of ether oxygens (including phenoxy) is 2. The van der Waals surface area contributed by atoms with Gasteiger partial charge in [0.2, 0.25) is 11.7 Å². The van der Waals surface area contributed by atoms with E-state index in [9.17, 15) is 33.9 Å². The van der Waals surface area contributed by atoms with Crippen molar-refractivity contribution in [3.8, 4) is 0 Å². The van der Waals surface area contributed by atoms with Gasteiger partial charge in [-0.05, 0) is 86.5 Å². The van der Waals surface area contributed by atoms with E-state index in [2.05, 4.69) is 12.2 Å². The van der Waals surface area contributed by atoms with E-state index < -0.39 is 53.3 Å². The van der Waals surface area contributed by atoms with Crippen LogP contribution in [0, 0.1) is 34.5 Å². The summed E-state index contributed by atoms with van der Waals surface area (Å²) in [6.07, 6.45) is 7.37. The van der Waals surface area contributed by atoms with Gasteiger partial charge in [0.05, 0.1) is 6.42 Å². The van der Waals surface area contributed by atoms with Crippen LogP contribution in [0.15, 0.2) is 11.6 Å². The summed E-state index contributed by atoms with van der Waals surface area (Å²) >= 11 is 0. The molecule has 0 saturated heterocycles. The van der Waals surface area contributed by atoms with Crippen molar-refractivity contribution in [3.63, 3.8) is 0 Å². The topological polar surface area (TPSA) is 153 Å². The molecule has 0 bridgehead atoms. The van der Waals surface area contributed by atoms with Gasteiger partial charge in [0.25, 0.3) is 0 Å². The van der Waals surface area contributed by atoms with Crippen molar-refractivity contribution in [2.24, 2.45) is 34.5 Å². The largest absolute Gasteiger partial charge is 0.480 e. The second-order valence-electron chi connectivity index (χ2n) is 14.1. The lowest BCUT2D eigenvalue weighted by molar-refractivity contribution is -0.191. The average molecular weight is 602 g/mol. The maximum atomic E-state index is 13.9. The van der Waals surface area contributed by atoms with Gasteiger partial charge in [-0.1, -0.05) is 33.3 Å². The number of carboxylic acids is 1. The molecule has 7 atom stereocenters. The number of nitrogens with one attached hydrogen (secondary N) is 1. The van der Waals surface area contributed by atoms with Gasteiger partial charge in [0.1, 0.15) is 6.04 Å². The molecule has 3 fully saturated rings. The van der Waals surface area contributed by atoms with Crippen LogP contribution in [0.5, 0.6) is 0 Å². The van der Waals surface area contributed by atoms with Gasteiger partial charge < -0.3 is 19.9 Å². The number of aliphatic carboxylic acids is 1. The maximum Gasteiger partial charge on any atom is 0.326 e. The Labute approximate surface area is 253 Å². The quantitative estimate of drug-likeness (QED) is 0.330. The van der Waals surface area contributed by atoms with Crippen LogP contribution in [0.4, 0.5) is 0 Å². The van der Waals surface area contributed by atoms with Crippen LogP contribution >= 0.6 is 0 Å². The van der Waals surface area contributed by atoms with Gasteiger partial charge in [-0.3, -0.25) is 24.0 Å². The standard InChI is InChI=1S/C33H47NO9/c1-19(2)16-26(30(40)41)34-28(38)8-9-29(39)42-18-27(37)33(43-20(3)35)15-12-25-23-7-6-21-17-22(36)10-13-31(21,4)24(23)11-14-32(25,33)5/h17,19,23-26H,6-16,18H2,1-5H3,(H,34,38)(H,40,41)/t23-,24-,25-,26-,31+,32+,33+/m1/s1. The van der Waals surface area contributed by atoms with Crippen LogP contribution in [-0.4, -0.2) is 58.7 Å². The van der Waals surface area contributed by atoms with Gasteiger partial charge in [-0.2, -0.15) is 0 Å². The Bertz CT molecular complexity index is 1210. The summed E-state index contributed by atoms with van der Waals surface area (Å²) in [6.45, 7) is 8.75. The number of amides is 1. The molecule has 10 heteroatoms. The zero-order chi connectivity index (χ0) is 31.7. The number of rotatable bonds is 11. The molecule has 4 aliphatic carbocycles. The zero-order valence-corrected chi connectivity index (χ0v) is 26.2. The van der Waals surface area contributed by atoms with E-state index in [1.807, 2.05) is 26.8 Å². The van der Waals surface area contributed by atoms with Crippen LogP contribution in [-0.2, 0) is 38.2 Å². The van der Waals surface area contributed by atoms with Gasteiger partial charge in [0, 0.05) is 25.2 Å². The lowest BCUT2D eigenvalue weighted by Gasteiger charge is -2.59. The molecule has 3 saturated carbocycles. The molecule has 0 aromatic rings. The fourth-order valence-corrected chi connectivity index (χ4v) is 9.00. The Hall–Kier alpha value is -3.04. The van der Waals surface area contributed by atoms with E-state index in [0.29, 0.717) is 31.1 Å². The molecule has 1 amide bonds. The molecule has 0 radical (unpaired) electrons. The second-order valence-corrected chi connectivity index (χ2v) is 14.1. The summed E-state index contributed by atoms with van der Waals surface area (Å²) in [6, 6.07) is -1.05. The summed E-state index contributed by atoms with van der Waals surface area (Å²) in [5.41, 5.74) is -0.798. The molecule has 238 valence electrons. The predicted molar refractivity (Wildman–Crippen MR) is 155 cm³/mol. The highest BCUT2D eigenvalue weighted by Crippen LogP contribution is 2.68. The highest BCUT2D eigenvalue weighted by Gasteiger charge is 2.68. The summed E-state index contributed by atoms with van der Waals surface area (Å²) in [5, 5.41) is 11.8. The molecule has 0 aromatic carbocycles. The van der Waals surface area contributed by atoms with Crippen molar-refractivity contribution in [2.75, 3.05) is 6.61 Å². The van der Waals surface area contributed by atoms with Crippen molar-refractivity contribution in [1.82, 2.24) is 5.32 Å². The Balaban J connectivity index is 1.42. The van der Waals surface area contributed by atoms with E-state index >= 15 is 0 Å². The smallest absolute Gasteiger partial charge is 0.326 e. The number of Topliss-reactive ketones (excluding diaryl/α,β-unsaturated/α-hetero) is 1. The van der Waals surface area contributed by atoms with Crippen molar-refractivity contribution in [1.29, 1.82) is 0 Å². The van der Waals surface area contributed by atoms with Crippen molar-refractivity contribution >= 4 is 35.4 Å². The van der Waals surface area contributed by atoms with E-state index in [-0.39, 0.29) is 42.3 Å². The average Bonchev–Trinajstić information content (AvgIpc) is 3.22. The number of carbonyl (C=O) groups excluding carboxylic acids is 5. The number of carbonyl (C=O) groups is 6. The minimum atomic E-state index is -1.41. The summed E-state index contributed by atoms with van der Waals surface area (Å²) in [7, 11) is 0. The molecule has 43 heavy (non-hydrogen) atoms. The van der Waals surface area contributed by atoms with E-state index in [1.165, 1.54) is 12.5 Å². The first-order chi connectivity index (χ1) is 20.1. The lowest BCUT2D eigenvalue weighted by atomic mass is 9.46. The number of fused-ring (bicyclic) bond motifs is 5. The van der Waals surface area contributed by atoms with Crippen LogP contribution in [0.1, 0.15) is 105 Å². The molecule has 10 nitrogen and oxygen atoms in total. The van der Waals surface area contributed by atoms with E-state index in [4.69, 9.17) is 9.47 Å². The minimum absolute atomic E-state index is 0.0318. The molecular weight excluding hydrogens is 554 g/mol. The highest BCUT2D eigenvalue weighted by molar-refractivity contribution is 5.94. The Morgan fingerprint density at radius 2 is 1.70 bits per heavy atom. The first-order valence-electron chi connectivity index (χ1n) is 15.8. The SMILES string of the molecule is CC(=O)O[C@]1(C(=O)COC(=O)CCC(=O)N[C@H](CC(C)C)C(=O)O)CC[C@@H]2[C@@H]3CCC4=CC(=O)CC[C@]4(C)[C@@H]3CC[C@@]21C. The first kappa shape index (κ1) is 32.9. The van der Waals surface area contributed by atoms with Gasteiger partial charge in [0.15, 0.2) is 18.0 Å². The number of allylic oxidation sites excluding steroid dienone is 1. The lowest BCUT2D eigenvalue weighted by Crippen LogP contribution is -2.59. The van der Waals surface area contributed by atoms with Crippen LogP contribution in [0.2, 0.25) is 0 Å². The summed E-state index contributed by atoms with van der Waals surface area (Å²) in [4.78, 5) is 74.6. The number of hydrogen-bond acceptors (Lipinski definition) is 8. The van der Waals surface area contributed by atoms with Crippen LogP contribution in [0.3, 0.4) is 0 Å². The highest BCUT2D eigenvalue weighted by atomic mass is 16.6. The monoisotopic (exact) mass is 601 g/mol. The van der Waals surface area contributed by atoms with Gasteiger partial charge in [-0.15, -0.1) is 0 Å². The Kier molecular flexibility index (Phi) is 9.57. The molecule has 0 spiro atoms. The van der Waals surface area contributed by atoms with Crippen LogP contribution in [0.25, 0.3) is 0 Å². The Morgan fingerprint density at radius 3 is 2.35 bits per heavy atom. The number of ketones is 2. The summed E-state index contributed by atoms with van der Waals surface area (Å²) < 4.78 is 11.2. The minimum Gasteiger partial charge on any atom is -0.480 e. The molecular formula is C33H47NO9. The molecule has 0 aliphatic heterocycles. The van der Waals surface area contributed by atoms with Gasteiger partial charge in [-0.25, -0.2) is 4.79 Å². The molecule has 2 N–H and O–H groups in total. The second kappa shape index (κ2) is 12.5. The first-order valence-corrected chi connectivity index (χ1v) is 15.8. The number of hydrogen-bond donors (Lipinski definition) is 2. The molecule has 0 aromatic heterocycles. The van der Waals surface area contributed by atoms with Crippen molar-refractivity contribution in [3.05, 3.63) is 11.6 Å². The molecule has 0 heterocycles. The third-order valence-corrected chi connectivity index (χ3v) is 11.1. The molecule has 4 rings (SSSR count). The van der Waals surface area contributed by atoms with Crippen LogP contribution < -0.4 is 5.32 Å². The van der Waals surface area contributed by atoms with E-state index in [0.717, 1.165) is 32.1 Å². The van der Waals surface area contributed by atoms with E-state index in [1.54, 1.807) is 0 Å². The van der Waals surface area contributed by atoms with Gasteiger partial charge >= 0.3 is 17.9 Å². The molecule has 4 aliphatic rings. The predicted octanol–water partition coefficient (Wildman–Crippen LogP) is 4.33. The third kappa shape index (κ3) is 6.29. The fourth-order valence-electron chi connectivity index (χ4n) is 9.00. The normalized spacial score (nSPS) is 33.8. The maximum absolute atomic E-state index is 13.9. The Morgan fingerprint density at radius 1 is 1.00 bits per heavy atom. The zero-order valence-electron chi connectivity index (χ0n) is 26.2. The molecule has 0 unspecified atom stereocenters. The fraction of sp³-hybridized carbons (Fsp3) is 0.758. The number of esters is 2.